The van der Waals surface area contributed by atoms with Crippen LogP contribution in [0.5, 0.6) is 23.0 Å². The van der Waals surface area contributed by atoms with Crippen molar-refractivity contribution in [2.45, 2.75) is 33.4 Å². The normalized spacial score (nSPS) is 14.1. The van der Waals surface area contributed by atoms with Crippen LogP contribution in [0.1, 0.15) is 43.5 Å². The molecule has 262 valence electrons. The van der Waals surface area contributed by atoms with E-state index in [-0.39, 0.29) is 37.0 Å². The Morgan fingerprint density at radius 3 is 2.38 bits per heavy atom. The molecule has 0 fully saturated rings. The molecule has 1 aliphatic heterocycles. The fourth-order valence-corrected chi connectivity index (χ4v) is 6.68. The van der Waals surface area contributed by atoms with Crippen LogP contribution in [0.15, 0.2) is 75.7 Å². The van der Waals surface area contributed by atoms with Crippen LogP contribution < -0.4 is 33.8 Å². The maximum Gasteiger partial charge on any atom is 0.343 e. The molecule has 1 atom stereocenters. The number of nitrogens with zero attached hydrogens (tertiary/aromatic N) is 2. The van der Waals surface area contributed by atoms with Gasteiger partial charge in [-0.15, -0.1) is 0 Å². The summed E-state index contributed by atoms with van der Waals surface area (Å²) >= 11 is 13.8. The largest absolute Gasteiger partial charge is 0.493 e. The van der Waals surface area contributed by atoms with Crippen molar-refractivity contribution >= 4 is 52.6 Å². The minimum absolute atomic E-state index is 0.124. The molecule has 1 aromatic heterocycles. The Bertz CT molecular complexity index is 2120. The average molecular weight is 742 g/mol. The Hall–Kier alpha value is -4.78. The molecule has 5 rings (SSSR count). The number of benzene rings is 3. The third-order valence-corrected chi connectivity index (χ3v) is 9.04. The first kappa shape index (κ1) is 36.5. The number of aromatic nitrogens is 1. The third-order valence-electron chi connectivity index (χ3n) is 7.52. The Balaban J connectivity index is 1.58. The van der Waals surface area contributed by atoms with Crippen molar-refractivity contribution in [1.82, 2.24) is 4.57 Å². The highest BCUT2D eigenvalue weighted by Crippen LogP contribution is 2.38. The molecule has 14 heteroatoms. The average Bonchev–Trinajstić information content (AvgIpc) is 3.40. The van der Waals surface area contributed by atoms with Crippen molar-refractivity contribution in [2.24, 2.45) is 4.99 Å². The van der Waals surface area contributed by atoms with Gasteiger partial charge in [0, 0.05) is 5.02 Å². The minimum Gasteiger partial charge on any atom is -0.493 e. The van der Waals surface area contributed by atoms with Crippen LogP contribution in [0.25, 0.3) is 6.08 Å². The predicted molar refractivity (Wildman–Crippen MR) is 189 cm³/mol. The van der Waals surface area contributed by atoms with Crippen LogP contribution in [0, 0.1) is 0 Å². The van der Waals surface area contributed by atoms with Gasteiger partial charge in [0.2, 0.25) is 0 Å². The molecule has 0 saturated carbocycles. The van der Waals surface area contributed by atoms with Crippen LogP contribution in [0.3, 0.4) is 0 Å². The van der Waals surface area contributed by atoms with Gasteiger partial charge in [-0.05, 0) is 79.9 Å². The number of allylic oxidation sites excluding steroid dienone is 1. The molecule has 1 aliphatic rings. The number of fused-ring (bicyclic) bond motifs is 1. The van der Waals surface area contributed by atoms with Crippen molar-refractivity contribution in [3.63, 3.8) is 0 Å². The molecule has 0 aliphatic carbocycles. The SMILES string of the molecule is CCOC(=O)C1=C(C)N=c2s/c(=C\c3cc(Cl)c(OCc4ccc(Cl)cc4)c(OC)c3)c(=O)n2[C@@H]1c1ccc(OCC(=O)OC)c(OCC)c1. The van der Waals surface area contributed by atoms with Gasteiger partial charge in [-0.2, -0.15) is 0 Å². The smallest absolute Gasteiger partial charge is 0.343 e. The number of thiazole rings is 1. The van der Waals surface area contributed by atoms with E-state index in [0.717, 1.165) is 16.9 Å². The van der Waals surface area contributed by atoms with Gasteiger partial charge in [0.05, 0.1) is 54.3 Å². The lowest BCUT2D eigenvalue weighted by atomic mass is 9.95. The second-order valence-corrected chi connectivity index (χ2v) is 12.6. The Morgan fingerprint density at radius 2 is 1.70 bits per heavy atom. The summed E-state index contributed by atoms with van der Waals surface area (Å²) in [5, 5.41) is 0.904. The van der Waals surface area contributed by atoms with Crippen LogP contribution >= 0.6 is 34.5 Å². The molecule has 50 heavy (non-hydrogen) atoms. The molecular formula is C36H34Cl2N2O9S. The lowest BCUT2D eigenvalue weighted by molar-refractivity contribution is -0.143. The molecule has 11 nitrogen and oxygen atoms in total. The molecule has 0 N–H and O–H groups in total. The second kappa shape index (κ2) is 16.3. The fraction of sp³-hybridized carbons (Fsp3) is 0.278. The number of carbonyl (C=O) groups excluding carboxylic acids is 2. The number of carbonyl (C=O) groups is 2. The first-order valence-electron chi connectivity index (χ1n) is 15.5. The molecule has 0 radical (unpaired) electrons. The maximum atomic E-state index is 14.2. The van der Waals surface area contributed by atoms with Crippen molar-refractivity contribution in [3.8, 4) is 23.0 Å². The molecular weight excluding hydrogens is 707 g/mol. The summed E-state index contributed by atoms with van der Waals surface area (Å²) in [7, 11) is 2.76. The van der Waals surface area contributed by atoms with Gasteiger partial charge in [-0.25, -0.2) is 14.6 Å². The highest BCUT2D eigenvalue weighted by Gasteiger charge is 2.34. The van der Waals surface area contributed by atoms with Crippen LogP contribution in [0.2, 0.25) is 10.0 Å². The summed E-state index contributed by atoms with van der Waals surface area (Å²) in [4.78, 5) is 44.4. The van der Waals surface area contributed by atoms with E-state index in [2.05, 4.69) is 9.73 Å². The lowest BCUT2D eigenvalue weighted by Gasteiger charge is -2.25. The zero-order valence-electron chi connectivity index (χ0n) is 27.9. The molecule has 3 aromatic carbocycles. The molecule has 0 saturated heterocycles. The molecule has 0 unspecified atom stereocenters. The minimum atomic E-state index is -0.914. The van der Waals surface area contributed by atoms with Crippen molar-refractivity contribution < 1.29 is 38.0 Å². The quantitative estimate of drug-likeness (QED) is 0.160. The second-order valence-electron chi connectivity index (χ2n) is 10.8. The van der Waals surface area contributed by atoms with Gasteiger partial charge in [0.25, 0.3) is 5.56 Å². The first-order valence-corrected chi connectivity index (χ1v) is 17.1. The Labute approximate surface area is 301 Å². The number of halogens is 2. The summed E-state index contributed by atoms with van der Waals surface area (Å²) < 4.78 is 34.9. The maximum absolute atomic E-state index is 14.2. The van der Waals surface area contributed by atoms with Gasteiger partial charge in [-0.1, -0.05) is 52.7 Å². The standard InChI is InChI=1S/C36H34Cl2N2O9S/c1-6-46-27-17-23(10-13-26(27)48-19-30(41)45-5)32-31(35(43)47-7-2)20(3)39-36-40(32)34(42)29(50-36)16-22-14-25(38)33(28(15-22)44-4)49-18-21-8-11-24(37)12-9-21/h8-17,32H,6-7,18-19H2,1-5H3/b29-16-/t32-/m1/s1. The van der Waals surface area contributed by atoms with Crippen molar-refractivity contribution in [2.75, 3.05) is 34.0 Å². The van der Waals surface area contributed by atoms with Gasteiger partial charge in [-0.3, -0.25) is 9.36 Å². The summed E-state index contributed by atoms with van der Waals surface area (Å²) in [6.07, 6.45) is 1.68. The topological polar surface area (TPSA) is 124 Å². The number of hydrogen-bond acceptors (Lipinski definition) is 11. The number of esters is 2. The highest BCUT2D eigenvalue weighted by atomic mass is 35.5. The predicted octanol–water partition coefficient (Wildman–Crippen LogP) is 5.64. The van der Waals surface area contributed by atoms with Gasteiger partial charge in [0.15, 0.2) is 34.4 Å². The molecule has 2 heterocycles. The Morgan fingerprint density at radius 1 is 0.940 bits per heavy atom. The van der Waals surface area contributed by atoms with E-state index in [1.54, 1.807) is 69.3 Å². The van der Waals surface area contributed by atoms with E-state index >= 15 is 0 Å². The van der Waals surface area contributed by atoms with E-state index < -0.39 is 23.5 Å². The molecule has 0 amide bonds. The summed E-state index contributed by atoms with van der Waals surface area (Å²) in [6, 6.07) is 14.7. The molecule has 0 spiro atoms. The van der Waals surface area contributed by atoms with Crippen molar-refractivity contribution in [1.29, 1.82) is 0 Å². The summed E-state index contributed by atoms with van der Waals surface area (Å²) in [6.45, 7) is 5.51. The van der Waals surface area contributed by atoms with Crippen LogP contribution in [-0.2, 0) is 25.7 Å². The van der Waals surface area contributed by atoms with E-state index in [9.17, 15) is 14.4 Å². The van der Waals surface area contributed by atoms with Gasteiger partial charge >= 0.3 is 11.9 Å². The fourth-order valence-electron chi connectivity index (χ4n) is 5.24. The van der Waals surface area contributed by atoms with E-state index in [1.165, 1.54) is 18.8 Å². The van der Waals surface area contributed by atoms with Crippen molar-refractivity contribution in [3.05, 3.63) is 112 Å². The highest BCUT2D eigenvalue weighted by molar-refractivity contribution is 7.07. The van der Waals surface area contributed by atoms with Gasteiger partial charge < -0.3 is 28.4 Å². The van der Waals surface area contributed by atoms with E-state index in [0.29, 0.717) is 54.2 Å². The Kier molecular flexibility index (Phi) is 11.9. The lowest BCUT2D eigenvalue weighted by Crippen LogP contribution is -2.40. The molecule has 0 bridgehead atoms. The number of methoxy groups -OCH3 is 2. The summed E-state index contributed by atoms with van der Waals surface area (Å²) in [5.41, 5.74) is 2.22. The molecule has 4 aromatic rings. The number of ether oxygens (including phenoxy) is 6. The zero-order valence-corrected chi connectivity index (χ0v) is 30.2. The third kappa shape index (κ3) is 7.99. The monoisotopic (exact) mass is 740 g/mol. The van der Waals surface area contributed by atoms with Gasteiger partial charge in [0.1, 0.15) is 6.61 Å². The number of rotatable bonds is 13. The van der Waals surface area contributed by atoms with E-state index in [1.807, 2.05) is 12.1 Å². The van der Waals surface area contributed by atoms with E-state index in [4.69, 9.17) is 46.9 Å². The summed E-state index contributed by atoms with van der Waals surface area (Å²) in [5.74, 6) is 0.157. The first-order chi connectivity index (χ1) is 24.1. The zero-order chi connectivity index (χ0) is 35.9. The van der Waals surface area contributed by atoms with Crippen LogP contribution in [0.4, 0.5) is 0 Å². The van der Waals surface area contributed by atoms with Crippen LogP contribution in [-0.4, -0.2) is 50.5 Å². The number of hydrogen-bond donors (Lipinski definition) is 0.